The molecule has 7 fully saturated rings. The van der Waals surface area contributed by atoms with Crippen LogP contribution < -0.4 is 35.3 Å². The maximum atomic E-state index is 9.43. The molecule has 95 heavy (non-hydrogen) atoms. The van der Waals surface area contributed by atoms with E-state index in [1.165, 1.54) is 4.91 Å². The molecule has 7 aliphatic heterocycles. The smallest absolute Gasteiger partial charge is 0.394 e. The summed E-state index contributed by atoms with van der Waals surface area (Å²) in [6.45, 7) is 16.3. The Bertz CT molecular complexity index is 1770. The number of rotatable bonds is 6. The molecule has 33 atom stereocenters. The molecule has 7 rings (SSSR count). The van der Waals surface area contributed by atoms with Crippen molar-refractivity contribution >= 4 is 15.9 Å². The van der Waals surface area contributed by atoms with E-state index in [0.29, 0.717) is 11.8 Å². The van der Waals surface area contributed by atoms with E-state index < -0.39 is 208 Å². The second-order valence-electron chi connectivity index (χ2n) is 21.8. The summed E-state index contributed by atoms with van der Waals surface area (Å²) >= 11 is 3.15. The van der Waals surface area contributed by atoms with Gasteiger partial charge in [0, 0.05) is 281 Å². The summed E-state index contributed by atoms with van der Waals surface area (Å²) in [5.41, 5.74) is 26.9. The quantitative estimate of drug-likeness (QED) is 0.0386. The zero-order valence-corrected chi connectivity index (χ0v) is 86.6. The molecule has 24 N–H and O–H groups in total. The average molecular weight is 2740 g/mol. The van der Waals surface area contributed by atoms with Crippen molar-refractivity contribution < 1.29 is 439 Å². The van der Waals surface area contributed by atoms with Crippen molar-refractivity contribution in [2.45, 2.75) is 297 Å². The van der Waals surface area contributed by atoms with Crippen molar-refractivity contribution in [3.05, 3.63) is 26.4 Å². The first kappa shape index (κ1) is 121. The van der Waals surface area contributed by atoms with E-state index in [-0.39, 0.29) is 327 Å². The van der Waals surface area contributed by atoms with Crippen LogP contribution in [0.2, 0.25) is 0 Å². The van der Waals surface area contributed by atoms with Crippen LogP contribution in [0, 0.1) is 264 Å². The van der Waals surface area contributed by atoms with Crippen molar-refractivity contribution in [3.8, 4) is 0 Å². The van der Waals surface area contributed by atoms with Gasteiger partial charge in [-0.1, -0.05) is 35.4 Å². The van der Waals surface area contributed by atoms with E-state index in [4.69, 9.17) is 60.6 Å². The molecule has 0 aliphatic carbocycles. The Morgan fingerprint density at radius 3 is 0.768 bits per heavy atom. The van der Waals surface area contributed by atoms with Gasteiger partial charge < -0.3 is 162 Å². The van der Waals surface area contributed by atoms with E-state index in [1.54, 1.807) is 62.3 Å². The van der Waals surface area contributed by atoms with Gasteiger partial charge in [0.25, 0.3) is 0 Å². The molecule has 44 heteroatoms. The van der Waals surface area contributed by atoms with E-state index >= 15 is 0 Å². The zero-order valence-electron chi connectivity index (χ0n) is 54.5. The number of aliphatic hydroxyl groups excluding tert-OH is 22. The number of alkyl halides is 1. The fourth-order valence-corrected chi connectivity index (χ4v) is 9.81. The summed E-state index contributed by atoms with van der Waals surface area (Å²) in [5, 5.41) is 207. The van der Waals surface area contributed by atoms with Gasteiger partial charge in [-0.2, -0.15) is 0 Å². The van der Waals surface area contributed by atoms with Crippen LogP contribution in [-0.4, -0.2) is 351 Å². The molecule has 0 bridgehead atoms. The Hall–Kier alpha value is 7.55. The normalized spacial score (nSPS) is 43.5. The summed E-state index contributed by atoms with van der Waals surface area (Å²) in [5.74, 6) is 0. The first-order valence-corrected chi connectivity index (χ1v) is 29.2. The number of hydrogen-bond acceptors (Lipinski definition) is 31. The third kappa shape index (κ3) is 39.5. The second kappa shape index (κ2) is 63.1. The van der Waals surface area contributed by atoms with Gasteiger partial charge in [0.15, 0.2) is 0 Å². The van der Waals surface area contributed by atoms with Gasteiger partial charge in [-0.3, -0.25) is 4.91 Å². The number of halogens is 1. The van der Waals surface area contributed by atoms with Crippen molar-refractivity contribution in [1.29, 1.82) is 0 Å². The molecule has 0 aromatic heterocycles. The van der Waals surface area contributed by atoms with Crippen molar-refractivity contribution in [2.75, 3.05) is 25.0 Å². The topological polar surface area (TPSA) is 643 Å². The molecule has 7 saturated heterocycles. The Kier molecular flexibility index (Phi) is 80.3. The van der Waals surface area contributed by atoms with Crippen LogP contribution in [0.1, 0.15) is 83.1 Å². The Morgan fingerprint density at radius 2 is 0.526 bits per heavy atom. The van der Waals surface area contributed by atoms with Crippen LogP contribution in [-0.2, 0) is 33.2 Å². The minimum absolute atomic E-state index is 0. The third-order valence-corrected chi connectivity index (χ3v) is 15.9. The van der Waals surface area contributed by atoms with Crippen molar-refractivity contribution in [3.63, 3.8) is 0 Å². The van der Waals surface area contributed by atoms with Gasteiger partial charge in [-0.15, -0.1) is 0 Å². The van der Waals surface area contributed by atoms with Crippen LogP contribution >= 0.6 is 15.9 Å². The molecule has 7 aliphatic rings. The molecular weight excluding hydrogens is 2640 g/mol. The predicted molar refractivity (Wildman–Crippen MR) is 309 cm³/mol. The monoisotopic (exact) mass is 2740 g/mol. The molecule has 0 spiro atoms. The van der Waals surface area contributed by atoms with Gasteiger partial charge in [0.05, 0.1) is 92.5 Å². The summed E-state index contributed by atoms with van der Waals surface area (Å²) in [4.78, 5) is 4.02. The minimum atomic E-state index is -1.27. The number of hydrogen-bond donors (Lipinski definition) is 23. The molecule has 0 amide bonds. The molecule has 0 aromatic carbocycles. The maximum Gasteiger partial charge on any atom is 1.00 e. The average Bonchev–Trinajstić information content (AvgIpc) is 1.08. The molecule has 7 heterocycles. The predicted octanol–water partition coefficient (Wildman–Crippen LogP) is -10.4. The summed E-state index contributed by atoms with van der Waals surface area (Å²) in [6.07, 6.45) is -29.2. The van der Waals surface area contributed by atoms with Crippen molar-refractivity contribution in [1.82, 2.24) is 0 Å². The molecule has 6 radical (unpaired) electrons. The number of aliphatic hydroxyl groups is 22. The van der Waals surface area contributed by atoms with E-state index in [9.17, 15) is 107 Å². The van der Waals surface area contributed by atoms with Crippen LogP contribution in [0.3, 0.4) is 0 Å². The summed E-state index contributed by atoms with van der Waals surface area (Å²) in [6, 6.07) is 0. The number of ether oxygens (including phenoxy) is 7. The third-order valence-electron chi connectivity index (χ3n) is 15.2. The van der Waals surface area contributed by atoms with Gasteiger partial charge in [0.1, 0.15) is 134 Å². The number of nitrogens with zero attached hydrogens (tertiary/aromatic N) is 6. The van der Waals surface area contributed by atoms with Gasteiger partial charge in [0.2, 0.25) is 0 Å². The van der Waals surface area contributed by atoms with Crippen molar-refractivity contribution in [2.24, 2.45) is 10.8 Å². The SMILES string of the molecule is C.CC1OC(C)C(O)C(O)C1O.CC1OC(C)C(O)C(O)C1O.CC1OC(CBr)C(O)C(O)C1O.CC1OC(CN)C(O)C(O)C1O.CC1OC(CN=[N+]=[N-])C(O)C(O)C1O.CC1OC(CO)C(O)C(O)C1O.CCC1OC(C)C(O)C(O)C1O.[Ac].[Ac].[Ac].[Ac].[Ac].[Ac].[N-]=[N+]=[N-].[Na+]. The number of azide groups is 1. The molecule has 33 unspecified atom stereocenters. The fourth-order valence-electron chi connectivity index (χ4n) is 9.27. The zero-order chi connectivity index (χ0) is 67.8. The molecule has 0 aromatic rings. The van der Waals surface area contributed by atoms with E-state index in [0.717, 1.165) is 0 Å². The maximum absolute atomic E-state index is 9.43. The Balaban J connectivity index is -0.000000127. The standard InChI is InChI=1S/C8H16O4.C7H13BrO4.C7H13N3O4.C7H15NO4.C7H14O5.2C7H14O4.CH4.6Ac.N3.Na/c1-3-5-7(10)8(11)6(9)4(2)12-5;1-3-5(9)7(11)6(10)4(2-8)12-3;1-3-5(11)7(13)6(12)4(14-3)2-9-10-8;2*1-3-5(9)7(11)6(10)4(2-8)12-3;2*1-3-5(8)7(10)6(9)4(2)11-3;;;;;;;;1-3-2;/h4-11H,3H2,1-2H3;3-7,9-11H,2H2,1H3;3-7,11-13H,2H2,1H3;3-7,9-11H,2,8H2,1H3;3-11H,2H2,1H3;2*3-10H,1-2H3;1H4;;;;;;;;/q;;;;;;;;;;;;;;-1;+1. The van der Waals surface area contributed by atoms with E-state index in [1.807, 2.05) is 6.92 Å². The van der Waals surface area contributed by atoms with Crippen LogP contribution in [0.4, 0.5) is 0 Å². The largest absolute Gasteiger partial charge is 1.00 e. The van der Waals surface area contributed by atoms with Crippen LogP contribution in [0.25, 0.3) is 26.4 Å². The molecule has 36 nitrogen and oxygen atoms in total. The molecule has 0 saturated carbocycles. The minimum Gasteiger partial charge on any atom is -0.394 e. The fraction of sp³-hybridized carbons (Fsp3) is 1.00. The summed E-state index contributed by atoms with van der Waals surface area (Å²) in [7, 11) is 0. The first-order chi connectivity index (χ1) is 40.4. The van der Waals surface area contributed by atoms with Gasteiger partial charge in [-0.05, 0) is 74.3 Å². The van der Waals surface area contributed by atoms with Crippen LogP contribution in [0.5, 0.6) is 0 Å². The first-order valence-electron chi connectivity index (χ1n) is 28.1. The Labute approximate surface area is 799 Å². The Morgan fingerprint density at radius 1 is 0.337 bits per heavy atom. The molecule has 542 valence electrons. The molecular formula is C51H103Ac6BrN7NaO29. The van der Waals surface area contributed by atoms with Gasteiger partial charge >= 0.3 is 29.6 Å². The summed E-state index contributed by atoms with van der Waals surface area (Å²) < 4.78 is 36.1. The van der Waals surface area contributed by atoms with Gasteiger partial charge in [-0.25, -0.2) is 0 Å². The number of nitrogens with two attached hydrogens (primary N) is 1. The van der Waals surface area contributed by atoms with Crippen LogP contribution in [0.15, 0.2) is 5.11 Å². The van der Waals surface area contributed by atoms with E-state index in [2.05, 4.69) is 26.0 Å². The second-order valence-corrected chi connectivity index (χ2v) is 22.4.